The zero-order valence-corrected chi connectivity index (χ0v) is 49.8. The predicted molar refractivity (Wildman–Crippen MR) is 286 cm³/mol. The van der Waals surface area contributed by atoms with E-state index in [9.17, 15) is 28.8 Å². The quantitative estimate of drug-likeness (QED) is 0.130. The molecule has 3 radical (unpaired) electrons. The van der Waals surface area contributed by atoms with Crippen molar-refractivity contribution in [3.05, 3.63) is 59.7 Å². The SMILES string of the molecule is CC(=O)OOC(C)=O.CC(C)(C)OC(=O)NC1CCC(=O)CC1.CC(C)Oc1ccccc1C1CCN(C2CCC(NC(=O)OC(C)(C)C)CC2)CC1.CC(C)Oc1ccccc1C1CCNCC1.[B-]OC(C)=O.[Na+]. The molecule has 4 fully saturated rings. The molecule has 0 bridgehead atoms. The molecule has 2 heterocycles. The Morgan fingerprint density at radius 2 is 0.960 bits per heavy atom. The molecule has 415 valence electrons. The van der Waals surface area contributed by atoms with Gasteiger partial charge in [-0.1, -0.05) is 36.4 Å². The van der Waals surface area contributed by atoms with E-state index in [0.717, 1.165) is 90.1 Å². The van der Waals surface area contributed by atoms with Crippen molar-refractivity contribution < 1.29 is 91.7 Å². The summed E-state index contributed by atoms with van der Waals surface area (Å²) >= 11 is 0. The van der Waals surface area contributed by atoms with E-state index in [1.807, 2.05) is 41.5 Å². The number of amides is 2. The first-order valence-electron chi connectivity index (χ1n) is 26.4. The Bertz CT molecular complexity index is 1980. The molecule has 0 aromatic heterocycles. The summed E-state index contributed by atoms with van der Waals surface area (Å²) in [6, 6.07) is 18.0. The number of carbonyl (C=O) groups excluding carboxylic acids is 6. The van der Waals surface area contributed by atoms with Gasteiger partial charge in [-0.05, 0) is 195 Å². The van der Waals surface area contributed by atoms with Crippen LogP contribution in [0.5, 0.6) is 11.5 Å². The number of para-hydroxylation sites is 2. The number of piperidine rings is 2. The van der Waals surface area contributed by atoms with Crippen LogP contribution in [0, 0.1) is 0 Å². The maximum atomic E-state index is 12.0. The summed E-state index contributed by atoms with van der Waals surface area (Å²) < 4.78 is 26.1. The van der Waals surface area contributed by atoms with E-state index in [4.69, 9.17) is 18.9 Å². The molecule has 6 rings (SSSR count). The smallest absolute Gasteiger partial charge is 0.793 e. The van der Waals surface area contributed by atoms with E-state index >= 15 is 0 Å². The first-order valence-corrected chi connectivity index (χ1v) is 26.4. The summed E-state index contributed by atoms with van der Waals surface area (Å²) in [5, 5.41) is 9.24. The second-order valence-corrected chi connectivity index (χ2v) is 21.6. The molecule has 0 atom stereocenters. The van der Waals surface area contributed by atoms with Crippen molar-refractivity contribution in [3.63, 3.8) is 0 Å². The van der Waals surface area contributed by atoms with Crippen LogP contribution >= 0.6 is 0 Å². The van der Waals surface area contributed by atoms with E-state index in [-0.39, 0.29) is 71.8 Å². The van der Waals surface area contributed by atoms with Gasteiger partial charge in [-0.25, -0.2) is 29.0 Å². The van der Waals surface area contributed by atoms with Crippen molar-refractivity contribution in [2.24, 2.45) is 0 Å². The molecule has 4 aliphatic rings. The van der Waals surface area contributed by atoms with Crippen molar-refractivity contribution in [2.75, 3.05) is 26.2 Å². The van der Waals surface area contributed by atoms with Crippen LogP contribution in [0.1, 0.15) is 190 Å². The number of hydrogen-bond acceptors (Lipinski definition) is 15. The number of hydrogen-bond donors (Lipinski definition) is 3. The maximum Gasteiger partial charge on any atom is 1.00 e. The minimum absolute atomic E-state index is 0. The zero-order valence-electron chi connectivity index (χ0n) is 47.8. The van der Waals surface area contributed by atoms with Crippen molar-refractivity contribution >= 4 is 43.9 Å². The zero-order chi connectivity index (χ0) is 55.4. The molecule has 2 saturated heterocycles. The third kappa shape index (κ3) is 31.5. The van der Waals surface area contributed by atoms with Crippen LogP contribution in [0.15, 0.2) is 48.5 Å². The number of ether oxygens (including phenoxy) is 4. The molecule has 3 N–H and O–H groups in total. The van der Waals surface area contributed by atoms with Crippen LogP contribution in [0.3, 0.4) is 0 Å². The Hall–Kier alpha value is -4.36. The number of Topliss-reactive ketones (excluding diaryl/α,β-unsaturated/α-hetero) is 1. The molecular weight excluding hydrogens is 970 g/mol. The van der Waals surface area contributed by atoms with E-state index in [2.05, 4.69) is 120 Å². The molecule has 2 aromatic rings. The minimum atomic E-state index is -0.639. The van der Waals surface area contributed by atoms with Gasteiger partial charge in [0.1, 0.15) is 28.5 Å². The van der Waals surface area contributed by atoms with Crippen molar-refractivity contribution in [1.82, 2.24) is 20.9 Å². The van der Waals surface area contributed by atoms with Gasteiger partial charge in [0.15, 0.2) is 0 Å². The molecule has 2 aliphatic carbocycles. The molecule has 19 heteroatoms. The fourth-order valence-electron chi connectivity index (χ4n) is 8.80. The summed E-state index contributed by atoms with van der Waals surface area (Å²) in [5.41, 5.74) is 1.85. The number of carbonyl (C=O) groups is 6. The number of ketones is 1. The summed E-state index contributed by atoms with van der Waals surface area (Å²) in [6.45, 7) is 27.6. The molecule has 0 unspecified atom stereocenters. The Labute approximate surface area is 471 Å². The molecule has 2 aromatic carbocycles. The second-order valence-electron chi connectivity index (χ2n) is 21.6. The van der Waals surface area contributed by atoms with Gasteiger partial charge in [0, 0.05) is 51.7 Å². The number of likely N-dealkylation sites (tertiary alicyclic amines) is 1. The van der Waals surface area contributed by atoms with Gasteiger partial charge in [-0.3, -0.25) is 9.59 Å². The van der Waals surface area contributed by atoms with Crippen molar-refractivity contribution in [1.29, 1.82) is 0 Å². The molecule has 2 amide bonds. The van der Waals surface area contributed by atoms with Gasteiger partial charge in [-0.2, -0.15) is 0 Å². The number of alkyl carbamates (subject to hydrolysis) is 2. The van der Waals surface area contributed by atoms with Gasteiger partial charge < -0.3 is 52.5 Å². The van der Waals surface area contributed by atoms with E-state index in [1.54, 1.807) is 0 Å². The standard InChI is InChI=1S/C25H40N2O3.C14H21NO.C11H19NO3.C4H6O4.C2H3BO2.Na/c1-18(2)29-23-9-7-6-8-22(23)19-14-16-27(17-15-19)21-12-10-20(11-13-21)26-24(28)30-25(3,4)5;1-11(2)16-14-6-4-3-5-13(14)12-7-9-15-10-8-12;1-11(2,3)15-10(14)12-8-4-6-9(13)7-5-8;1-3(5)7-8-4(2)6;1-2(4)5-3;/h6-9,18-21H,10-17H2,1-5H3,(H,26,28);3-6,11-12,15H,7-10H2,1-2H3;8H,4-7H2,1-3H3,(H,12,14);1-2H3;1H3;/q;;;;-1;+1. The van der Waals surface area contributed by atoms with Crippen molar-refractivity contribution in [3.8, 4) is 11.5 Å². The third-order valence-corrected chi connectivity index (χ3v) is 12.0. The first-order chi connectivity index (χ1) is 34.7. The monoisotopic (exact) mass is 1060 g/mol. The van der Waals surface area contributed by atoms with E-state index in [0.29, 0.717) is 30.7 Å². The largest absolute Gasteiger partial charge is 1.00 e. The van der Waals surface area contributed by atoms with Gasteiger partial charge >= 0.3 is 53.7 Å². The van der Waals surface area contributed by atoms with Crippen LogP contribution in [0.25, 0.3) is 0 Å². The normalized spacial score (nSPS) is 18.4. The topological polar surface area (TPSA) is 206 Å². The maximum absolute atomic E-state index is 12.0. The van der Waals surface area contributed by atoms with E-state index < -0.39 is 29.1 Å². The number of nitrogens with zero attached hydrogens (tertiary/aromatic N) is 1. The molecule has 0 spiro atoms. The fraction of sp³-hybridized carbons (Fsp3) is 0.679. The molecular formula is C56H89BN4NaO13. The van der Waals surface area contributed by atoms with Crippen LogP contribution in [-0.2, 0) is 43.1 Å². The Balaban J connectivity index is 0.000000529. The summed E-state index contributed by atoms with van der Waals surface area (Å²) in [7, 11) is 4.32. The first kappa shape index (κ1) is 68.7. The van der Waals surface area contributed by atoms with Gasteiger partial charge in [0.2, 0.25) is 5.97 Å². The molecule has 2 saturated carbocycles. The number of nitrogens with one attached hydrogen (secondary N) is 3. The average Bonchev–Trinajstić information content (AvgIpc) is 3.32. The van der Waals surface area contributed by atoms with Crippen molar-refractivity contribution in [2.45, 2.75) is 220 Å². The van der Waals surface area contributed by atoms with Gasteiger partial charge in [0.05, 0.1) is 12.2 Å². The Morgan fingerprint density at radius 3 is 1.32 bits per heavy atom. The number of rotatable bonds is 9. The average molecular weight is 1060 g/mol. The molecule has 17 nitrogen and oxygen atoms in total. The Morgan fingerprint density at radius 1 is 0.587 bits per heavy atom. The predicted octanol–water partition coefficient (Wildman–Crippen LogP) is 7.12. The Kier molecular flexibility index (Phi) is 32.8. The number of benzene rings is 2. The molecule has 2 aliphatic heterocycles. The third-order valence-electron chi connectivity index (χ3n) is 12.0. The van der Waals surface area contributed by atoms with Crippen LogP contribution < -0.4 is 55.0 Å². The second kappa shape index (κ2) is 35.9. The van der Waals surface area contributed by atoms with Gasteiger partial charge in [-0.15, -0.1) is 0 Å². The summed E-state index contributed by atoms with van der Waals surface area (Å²) in [5.74, 6) is 1.92. The van der Waals surface area contributed by atoms with E-state index in [1.165, 1.54) is 43.7 Å². The fourth-order valence-corrected chi connectivity index (χ4v) is 8.80. The van der Waals surface area contributed by atoms with Gasteiger partial charge in [0.25, 0.3) is 0 Å². The molecule has 75 heavy (non-hydrogen) atoms. The van der Waals surface area contributed by atoms with Crippen LogP contribution in [-0.4, -0.2) is 117 Å². The summed E-state index contributed by atoms with van der Waals surface area (Å²) in [4.78, 5) is 73.9. The minimum Gasteiger partial charge on any atom is -0.793 e. The summed E-state index contributed by atoms with van der Waals surface area (Å²) in [6.07, 6.45) is 11.6. The van der Waals surface area contributed by atoms with Crippen LogP contribution in [0.2, 0.25) is 0 Å². The van der Waals surface area contributed by atoms with Crippen LogP contribution in [0.4, 0.5) is 9.59 Å².